The van der Waals surface area contributed by atoms with Gasteiger partial charge in [0.25, 0.3) is 0 Å². The highest BCUT2D eigenvalue weighted by molar-refractivity contribution is 9.09. The zero-order valence-corrected chi connectivity index (χ0v) is 12.0. The summed E-state index contributed by atoms with van der Waals surface area (Å²) in [6, 6.07) is 5.69. The molecule has 2 aliphatic heterocycles. The lowest BCUT2D eigenvalue weighted by molar-refractivity contribution is 0.369. The quantitative estimate of drug-likeness (QED) is 0.690. The highest BCUT2D eigenvalue weighted by atomic mass is 79.9. The molecule has 5 heteroatoms. The van der Waals surface area contributed by atoms with Gasteiger partial charge < -0.3 is 0 Å². The Labute approximate surface area is 110 Å². The van der Waals surface area contributed by atoms with Crippen molar-refractivity contribution in [2.75, 3.05) is 6.54 Å². The third kappa shape index (κ3) is 1.59. The molecule has 92 valence electrons. The number of halogens is 1. The summed E-state index contributed by atoms with van der Waals surface area (Å²) in [5, 5.41) is 0. The maximum Gasteiger partial charge on any atom is 0.243 e. The van der Waals surface area contributed by atoms with Gasteiger partial charge in [-0.05, 0) is 31.4 Å². The van der Waals surface area contributed by atoms with E-state index in [9.17, 15) is 8.42 Å². The first kappa shape index (κ1) is 11.7. The maximum atomic E-state index is 12.4. The minimum Gasteiger partial charge on any atom is -0.207 e. The average molecular weight is 316 g/mol. The van der Waals surface area contributed by atoms with Crippen molar-refractivity contribution in [3.05, 3.63) is 29.3 Å². The molecule has 2 atom stereocenters. The van der Waals surface area contributed by atoms with Crippen LogP contribution in [-0.4, -0.2) is 25.3 Å². The van der Waals surface area contributed by atoms with Crippen molar-refractivity contribution in [3.8, 4) is 0 Å². The van der Waals surface area contributed by atoms with E-state index in [1.54, 1.807) is 10.4 Å². The molecule has 0 saturated carbocycles. The number of hydrogen-bond donors (Lipinski definition) is 0. The molecule has 0 amide bonds. The number of sulfonamides is 1. The largest absolute Gasteiger partial charge is 0.243 e. The fourth-order valence-electron chi connectivity index (χ4n) is 2.81. The van der Waals surface area contributed by atoms with Gasteiger partial charge in [0, 0.05) is 12.6 Å². The number of rotatable bonds is 0. The summed E-state index contributed by atoms with van der Waals surface area (Å²) in [5.74, 6) is 0. The predicted octanol–water partition coefficient (Wildman–Crippen LogP) is 2.60. The van der Waals surface area contributed by atoms with Gasteiger partial charge in [-0.1, -0.05) is 33.6 Å². The minimum absolute atomic E-state index is 0.0919. The van der Waals surface area contributed by atoms with Crippen LogP contribution >= 0.6 is 15.9 Å². The monoisotopic (exact) mass is 315 g/mol. The number of benzene rings is 1. The molecule has 1 saturated heterocycles. The summed E-state index contributed by atoms with van der Waals surface area (Å²) in [5.41, 5.74) is 2.03. The Morgan fingerprint density at radius 3 is 2.94 bits per heavy atom. The van der Waals surface area contributed by atoms with Gasteiger partial charge in [0.2, 0.25) is 10.0 Å². The zero-order valence-electron chi connectivity index (χ0n) is 9.56. The molecule has 0 aromatic heterocycles. The second kappa shape index (κ2) is 3.80. The number of alkyl halides is 1. The van der Waals surface area contributed by atoms with E-state index in [0.29, 0.717) is 11.4 Å². The molecule has 1 aromatic rings. The first-order chi connectivity index (χ1) is 8.01. The highest BCUT2D eigenvalue weighted by Gasteiger charge is 2.45. The molecule has 1 fully saturated rings. The van der Waals surface area contributed by atoms with Crippen molar-refractivity contribution >= 4 is 26.0 Å². The number of hydrogen-bond acceptors (Lipinski definition) is 2. The van der Waals surface area contributed by atoms with Crippen LogP contribution in [0, 0.1) is 6.92 Å². The summed E-state index contributed by atoms with van der Waals surface area (Å²) in [7, 11) is -3.27. The van der Waals surface area contributed by atoms with Crippen molar-refractivity contribution < 1.29 is 8.42 Å². The van der Waals surface area contributed by atoms with Gasteiger partial charge in [0.1, 0.15) is 0 Å². The van der Waals surface area contributed by atoms with Crippen LogP contribution in [-0.2, 0) is 10.0 Å². The van der Waals surface area contributed by atoms with E-state index in [0.717, 1.165) is 24.0 Å². The normalized spacial score (nSPS) is 30.9. The molecule has 0 radical (unpaired) electrons. The molecule has 0 spiro atoms. The molecule has 3 nitrogen and oxygen atoms in total. The molecule has 17 heavy (non-hydrogen) atoms. The molecule has 2 heterocycles. The number of nitrogens with zero attached hydrogens (tertiary/aromatic N) is 1. The Bertz CT molecular complexity index is 570. The standard InChI is InChI=1S/C12H14BrNO2S/c1-8-4-5-11-9(7-8)12(13)10-3-2-6-14(10)17(11,15)16/h4-5,7,10,12H,2-3,6H2,1H3/t10-,12+/m0/s1. The summed E-state index contributed by atoms with van der Waals surface area (Å²) in [4.78, 5) is 0.603. The molecule has 0 N–H and O–H groups in total. The second-order valence-corrected chi connectivity index (χ2v) is 7.61. The SMILES string of the molecule is Cc1ccc2c(c1)[C@@H](Br)[C@@H]1CCCN1S2(=O)=O. The van der Waals surface area contributed by atoms with Crippen molar-refractivity contribution in [1.82, 2.24) is 4.31 Å². The van der Waals surface area contributed by atoms with E-state index >= 15 is 0 Å². The Morgan fingerprint density at radius 2 is 2.18 bits per heavy atom. The van der Waals surface area contributed by atoms with Gasteiger partial charge in [0.05, 0.1) is 9.72 Å². The van der Waals surface area contributed by atoms with Gasteiger partial charge >= 0.3 is 0 Å². The molecule has 0 bridgehead atoms. The van der Waals surface area contributed by atoms with Crippen LogP contribution in [0.25, 0.3) is 0 Å². The van der Waals surface area contributed by atoms with Crippen LogP contribution in [0.15, 0.2) is 23.1 Å². The summed E-state index contributed by atoms with van der Waals surface area (Å²) >= 11 is 3.67. The topological polar surface area (TPSA) is 37.4 Å². The Balaban J connectivity index is 2.26. The third-order valence-electron chi connectivity index (χ3n) is 3.64. The predicted molar refractivity (Wildman–Crippen MR) is 69.8 cm³/mol. The van der Waals surface area contributed by atoms with Crippen LogP contribution in [0.3, 0.4) is 0 Å². The number of fused-ring (bicyclic) bond motifs is 2. The first-order valence-corrected chi connectivity index (χ1v) is 8.14. The second-order valence-electron chi connectivity index (χ2n) is 4.77. The van der Waals surface area contributed by atoms with Gasteiger partial charge in [-0.25, -0.2) is 8.42 Å². The van der Waals surface area contributed by atoms with Gasteiger partial charge in [-0.2, -0.15) is 4.31 Å². The van der Waals surface area contributed by atoms with E-state index in [-0.39, 0.29) is 10.9 Å². The van der Waals surface area contributed by atoms with Gasteiger partial charge in [-0.3, -0.25) is 0 Å². The van der Waals surface area contributed by atoms with Gasteiger partial charge in [-0.15, -0.1) is 0 Å². The van der Waals surface area contributed by atoms with E-state index in [1.165, 1.54) is 0 Å². The highest BCUT2D eigenvalue weighted by Crippen LogP contribution is 2.45. The molecule has 0 unspecified atom stereocenters. The molecule has 3 rings (SSSR count). The van der Waals surface area contributed by atoms with E-state index in [4.69, 9.17) is 0 Å². The molecule has 2 aliphatic rings. The summed E-state index contributed by atoms with van der Waals surface area (Å²) < 4.78 is 26.6. The summed E-state index contributed by atoms with van der Waals surface area (Å²) in [6.45, 7) is 2.65. The van der Waals surface area contributed by atoms with E-state index in [1.807, 2.05) is 19.1 Å². The van der Waals surface area contributed by atoms with Crippen LogP contribution in [0.2, 0.25) is 0 Å². The van der Waals surface area contributed by atoms with Crippen LogP contribution in [0.4, 0.5) is 0 Å². The van der Waals surface area contributed by atoms with Crippen LogP contribution in [0.5, 0.6) is 0 Å². The molecular formula is C12H14BrNO2S. The van der Waals surface area contributed by atoms with Crippen LogP contribution in [0.1, 0.15) is 28.8 Å². The Morgan fingerprint density at radius 1 is 1.41 bits per heavy atom. The smallest absolute Gasteiger partial charge is 0.207 e. The van der Waals surface area contributed by atoms with Crippen molar-refractivity contribution in [2.45, 2.75) is 35.5 Å². The lowest BCUT2D eigenvalue weighted by Gasteiger charge is -2.34. The van der Waals surface area contributed by atoms with Crippen LogP contribution < -0.4 is 0 Å². The van der Waals surface area contributed by atoms with Crippen molar-refractivity contribution in [3.63, 3.8) is 0 Å². The summed E-state index contributed by atoms with van der Waals surface area (Å²) in [6.07, 6.45) is 1.90. The zero-order chi connectivity index (χ0) is 12.2. The fourth-order valence-corrected chi connectivity index (χ4v) is 5.97. The first-order valence-electron chi connectivity index (χ1n) is 5.78. The lowest BCUT2D eigenvalue weighted by atomic mass is 10.0. The van der Waals surface area contributed by atoms with Crippen molar-refractivity contribution in [2.24, 2.45) is 0 Å². The minimum atomic E-state index is -3.27. The fraction of sp³-hybridized carbons (Fsp3) is 0.500. The maximum absolute atomic E-state index is 12.4. The Hall–Kier alpha value is -0.390. The van der Waals surface area contributed by atoms with Crippen molar-refractivity contribution in [1.29, 1.82) is 0 Å². The lowest BCUT2D eigenvalue weighted by Crippen LogP contribution is -2.42. The third-order valence-corrected chi connectivity index (χ3v) is 6.74. The Kier molecular flexibility index (Phi) is 2.61. The van der Waals surface area contributed by atoms with Gasteiger partial charge in [0.15, 0.2) is 0 Å². The average Bonchev–Trinajstić information content (AvgIpc) is 2.76. The van der Waals surface area contributed by atoms with E-state index < -0.39 is 10.0 Å². The molecule has 1 aromatic carbocycles. The van der Waals surface area contributed by atoms with E-state index in [2.05, 4.69) is 15.9 Å². The molecular weight excluding hydrogens is 302 g/mol. The molecule has 0 aliphatic carbocycles. The number of aryl methyl sites for hydroxylation is 1.